The summed E-state index contributed by atoms with van der Waals surface area (Å²) in [6.45, 7) is 9.55. The minimum absolute atomic E-state index is 0.0665. The summed E-state index contributed by atoms with van der Waals surface area (Å²) in [6, 6.07) is 17.1. The van der Waals surface area contributed by atoms with Gasteiger partial charge < -0.3 is 25.4 Å². The van der Waals surface area contributed by atoms with Crippen LogP contribution in [0.2, 0.25) is 0 Å². The van der Waals surface area contributed by atoms with Gasteiger partial charge in [0.1, 0.15) is 11.6 Å². The Bertz CT molecular complexity index is 1250. The van der Waals surface area contributed by atoms with Crippen molar-refractivity contribution in [2.24, 2.45) is 17.8 Å². The van der Waals surface area contributed by atoms with E-state index < -0.39 is 40.7 Å². The Morgan fingerprint density at radius 1 is 1.08 bits per heavy atom. The van der Waals surface area contributed by atoms with Gasteiger partial charge in [-0.25, -0.2) is 0 Å². The van der Waals surface area contributed by atoms with Crippen molar-refractivity contribution >= 4 is 17.7 Å². The second-order valence-corrected chi connectivity index (χ2v) is 12.5. The number of rotatable bonds is 7. The van der Waals surface area contributed by atoms with Crippen LogP contribution in [0.15, 0.2) is 60.7 Å². The lowest BCUT2D eigenvalue weighted by Crippen LogP contribution is -2.59. The van der Waals surface area contributed by atoms with Crippen LogP contribution in [-0.2, 0) is 25.7 Å². The average Bonchev–Trinajstić information content (AvgIpc) is 3.40. The molecule has 3 N–H and O–H groups in total. The molecule has 0 aromatic heterocycles. The fourth-order valence-corrected chi connectivity index (χ4v) is 7.07. The van der Waals surface area contributed by atoms with Crippen molar-refractivity contribution in [2.75, 3.05) is 6.61 Å². The van der Waals surface area contributed by atoms with Gasteiger partial charge in [-0.2, -0.15) is 0 Å². The number of hydrogen-bond acceptors (Lipinski definition) is 5. The highest BCUT2D eigenvalue weighted by Gasteiger charge is 2.80. The van der Waals surface area contributed by atoms with Gasteiger partial charge in [-0.3, -0.25) is 14.4 Å². The van der Waals surface area contributed by atoms with E-state index in [0.29, 0.717) is 13.0 Å². The van der Waals surface area contributed by atoms with Gasteiger partial charge in [0.15, 0.2) is 0 Å². The highest BCUT2D eigenvalue weighted by atomic mass is 16.5. The highest BCUT2D eigenvalue weighted by Crippen LogP contribution is 2.66. The number of aliphatic hydroxyl groups excluding tert-OH is 1. The molecule has 2 aromatic carbocycles. The number of amides is 3. The van der Waals surface area contributed by atoms with Crippen LogP contribution in [-0.4, -0.2) is 57.1 Å². The van der Waals surface area contributed by atoms with E-state index in [4.69, 9.17) is 4.74 Å². The molecule has 2 aromatic rings. The number of carbonyl (C=O) groups excluding carboxylic acids is 3. The molecule has 39 heavy (non-hydrogen) atoms. The van der Waals surface area contributed by atoms with Crippen molar-refractivity contribution < 1.29 is 24.2 Å². The molecular formula is C31H39N3O5. The third-order valence-electron chi connectivity index (χ3n) is 8.78. The van der Waals surface area contributed by atoms with Crippen LogP contribution in [0.4, 0.5) is 0 Å². The van der Waals surface area contributed by atoms with E-state index in [9.17, 15) is 19.5 Å². The van der Waals surface area contributed by atoms with Gasteiger partial charge in [0.25, 0.3) is 0 Å². The second kappa shape index (κ2) is 9.75. The maximum atomic E-state index is 14.4. The number of ether oxygens (including phenoxy) is 1. The molecule has 8 nitrogen and oxygen atoms in total. The third-order valence-corrected chi connectivity index (χ3v) is 8.78. The van der Waals surface area contributed by atoms with Crippen molar-refractivity contribution in [3.05, 3.63) is 71.8 Å². The average molecular weight is 534 g/mol. The highest BCUT2D eigenvalue weighted by molar-refractivity contribution is 5.99. The molecule has 0 radical (unpaired) electrons. The number of carbonyl (C=O) groups is 3. The largest absolute Gasteiger partial charge is 0.394 e. The van der Waals surface area contributed by atoms with Gasteiger partial charge in [0.2, 0.25) is 17.7 Å². The molecule has 5 rings (SSSR count). The summed E-state index contributed by atoms with van der Waals surface area (Å²) >= 11 is 0. The minimum Gasteiger partial charge on any atom is -0.394 e. The molecular weight excluding hydrogens is 494 g/mol. The maximum Gasteiger partial charge on any atom is 0.246 e. The fraction of sp³-hybridized carbons (Fsp3) is 0.516. The number of fused-ring (bicyclic) bond motifs is 1. The molecule has 3 heterocycles. The molecule has 3 saturated heterocycles. The first-order valence-electron chi connectivity index (χ1n) is 13.7. The first kappa shape index (κ1) is 27.3. The van der Waals surface area contributed by atoms with E-state index in [-0.39, 0.29) is 30.2 Å². The Morgan fingerprint density at radius 3 is 2.28 bits per heavy atom. The van der Waals surface area contributed by atoms with E-state index in [1.807, 2.05) is 95.3 Å². The molecule has 8 heteroatoms. The molecule has 0 saturated carbocycles. The summed E-state index contributed by atoms with van der Waals surface area (Å²) < 4.78 is 6.78. The Balaban J connectivity index is 1.57. The Kier molecular flexibility index (Phi) is 6.84. The third kappa shape index (κ3) is 4.43. The van der Waals surface area contributed by atoms with Crippen molar-refractivity contribution in [3.8, 4) is 0 Å². The summed E-state index contributed by atoms with van der Waals surface area (Å²) in [5.74, 6) is -2.61. The van der Waals surface area contributed by atoms with Crippen molar-refractivity contribution in [2.45, 2.75) is 76.4 Å². The molecule has 0 aliphatic carbocycles. The smallest absolute Gasteiger partial charge is 0.246 e. The number of nitrogens with zero attached hydrogens (tertiary/aromatic N) is 1. The summed E-state index contributed by atoms with van der Waals surface area (Å²) in [5.41, 5.74) is -0.973. The van der Waals surface area contributed by atoms with Crippen LogP contribution in [0.25, 0.3) is 0 Å². The van der Waals surface area contributed by atoms with E-state index in [2.05, 4.69) is 10.6 Å². The summed E-state index contributed by atoms with van der Waals surface area (Å²) in [7, 11) is 0. The van der Waals surface area contributed by atoms with Crippen LogP contribution in [0.3, 0.4) is 0 Å². The summed E-state index contributed by atoms with van der Waals surface area (Å²) in [4.78, 5) is 43.8. The number of aliphatic hydroxyl groups is 1. The molecule has 3 aliphatic rings. The van der Waals surface area contributed by atoms with Crippen molar-refractivity contribution in [1.82, 2.24) is 15.5 Å². The second-order valence-electron chi connectivity index (χ2n) is 12.5. The van der Waals surface area contributed by atoms with E-state index >= 15 is 0 Å². The quantitative estimate of drug-likeness (QED) is 0.507. The lowest BCUT2D eigenvalue weighted by atomic mass is 9.62. The normalized spacial score (nSPS) is 32.2. The predicted molar refractivity (Wildman–Crippen MR) is 146 cm³/mol. The first-order chi connectivity index (χ1) is 18.4. The van der Waals surface area contributed by atoms with Gasteiger partial charge in [0.05, 0.1) is 30.1 Å². The Labute approximate surface area is 230 Å². The van der Waals surface area contributed by atoms with Crippen LogP contribution in [0, 0.1) is 17.8 Å². The van der Waals surface area contributed by atoms with Crippen LogP contribution < -0.4 is 10.6 Å². The summed E-state index contributed by atoms with van der Waals surface area (Å²) in [5, 5.41) is 16.7. The lowest BCUT2D eigenvalue weighted by Gasteiger charge is -2.38. The summed E-state index contributed by atoms with van der Waals surface area (Å²) in [6.07, 6.45) is 0.466. The number of nitrogens with one attached hydrogen (secondary N) is 2. The molecule has 1 spiro atoms. The number of benzene rings is 2. The zero-order valence-corrected chi connectivity index (χ0v) is 23.3. The minimum atomic E-state index is -1.18. The molecule has 7 atom stereocenters. The Hall–Kier alpha value is -3.23. The molecule has 2 bridgehead atoms. The molecule has 3 aliphatic heterocycles. The van der Waals surface area contributed by atoms with Gasteiger partial charge in [0, 0.05) is 12.1 Å². The predicted octanol–water partition coefficient (Wildman–Crippen LogP) is 2.96. The monoisotopic (exact) mass is 533 g/mol. The standard InChI is InChI=1S/C31H39N3O5/c1-19-16-31-24(23(30(19,5)39-31)26(36)32-17-20-12-8-6-9-13-20)28(38)34(25(31)27(37)33-29(2,3)4)22(18-35)21-14-10-7-11-15-21/h6-15,19,22-25,35H,16-18H2,1-5H3,(H,32,36)(H,33,37)/t19?,22-,23+,24+,25?,30-,31?/m1/s1. The zero-order chi connectivity index (χ0) is 28.2. The van der Waals surface area contributed by atoms with Crippen molar-refractivity contribution in [1.29, 1.82) is 0 Å². The topological polar surface area (TPSA) is 108 Å². The Morgan fingerprint density at radius 2 is 1.69 bits per heavy atom. The fourth-order valence-electron chi connectivity index (χ4n) is 7.07. The first-order valence-corrected chi connectivity index (χ1v) is 13.7. The lowest BCUT2D eigenvalue weighted by molar-refractivity contribution is -0.151. The van der Waals surface area contributed by atoms with Gasteiger partial charge in [-0.1, -0.05) is 67.6 Å². The van der Waals surface area contributed by atoms with Gasteiger partial charge >= 0.3 is 0 Å². The van der Waals surface area contributed by atoms with Gasteiger partial charge in [-0.05, 0) is 51.2 Å². The molecule has 3 unspecified atom stereocenters. The maximum absolute atomic E-state index is 14.4. The van der Waals surface area contributed by atoms with Crippen LogP contribution in [0.5, 0.6) is 0 Å². The SMILES string of the molecule is CC1CC23O[C@@]1(C)[C@H](C(=O)NCc1ccccc1)[C@H]2C(=O)N([C@H](CO)c1ccccc1)C3C(=O)NC(C)(C)C. The zero-order valence-electron chi connectivity index (χ0n) is 23.3. The van der Waals surface area contributed by atoms with Crippen molar-refractivity contribution in [3.63, 3.8) is 0 Å². The van der Waals surface area contributed by atoms with Crippen LogP contribution in [0.1, 0.15) is 58.2 Å². The van der Waals surface area contributed by atoms with Gasteiger partial charge in [-0.15, -0.1) is 0 Å². The number of hydrogen-bond donors (Lipinski definition) is 3. The van der Waals surface area contributed by atoms with E-state index in [0.717, 1.165) is 11.1 Å². The van der Waals surface area contributed by atoms with Crippen LogP contribution >= 0.6 is 0 Å². The van der Waals surface area contributed by atoms with E-state index in [1.54, 1.807) is 0 Å². The number of likely N-dealkylation sites (tertiary alicyclic amines) is 1. The molecule has 3 fully saturated rings. The molecule has 3 amide bonds. The van der Waals surface area contributed by atoms with E-state index in [1.165, 1.54) is 4.90 Å². The molecule has 208 valence electrons.